The lowest BCUT2D eigenvalue weighted by atomic mass is 10.2. The predicted octanol–water partition coefficient (Wildman–Crippen LogP) is 4.55. The summed E-state index contributed by atoms with van der Waals surface area (Å²) in [5.41, 5.74) is 6.52. The number of thiazole rings is 1. The van der Waals surface area contributed by atoms with Crippen LogP contribution in [-0.2, 0) is 13.1 Å². The molecule has 116 valence electrons. The van der Waals surface area contributed by atoms with Gasteiger partial charge in [-0.05, 0) is 18.2 Å². The Balaban J connectivity index is 2.23. The summed E-state index contributed by atoms with van der Waals surface area (Å²) in [5.74, 6) is 0. The van der Waals surface area contributed by atoms with E-state index in [0.717, 1.165) is 14.7 Å². The summed E-state index contributed by atoms with van der Waals surface area (Å²) in [5, 5.41) is 1.26. The van der Waals surface area contributed by atoms with Crippen molar-refractivity contribution in [3.63, 3.8) is 0 Å². The Morgan fingerprint density at radius 1 is 1.32 bits per heavy atom. The number of nitrogens with two attached hydrogens (primary N) is 1. The number of fused-ring (bicyclic) bond motifs is 1. The van der Waals surface area contributed by atoms with Crippen LogP contribution in [0.15, 0.2) is 34.9 Å². The third-order valence-corrected chi connectivity index (χ3v) is 4.94. The molecule has 1 aromatic carbocycles. The lowest BCUT2D eigenvalue weighted by Crippen LogP contribution is -2.18. The van der Waals surface area contributed by atoms with Gasteiger partial charge in [0.15, 0.2) is 0 Å². The summed E-state index contributed by atoms with van der Waals surface area (Å²) in [6.45, 7) is -0.735. The third kappa shape index (κ3) is 2.90. The summed E-state index contributed by atoms with van der Waals surface area (Å²) >= 11 is 4.69. The molecule has 0 fully saturated rings. The molecule has 8 heteroatoms. The van der Waals surface area contributed by atoms with E-state index in [1.807, 2.05) is 0 Å². The predicted molar refractivity (Wildman–Crippen MR) is 84.7 cm³/mol. The smallest absolute Gasteiger partial charge is 0.329 e. The zero-order valence-corrected chi connectivity index (χ0v) is 13.6. The standard InChI is InChI=1S/C14H11BrF3N3S/c15-10-2-1-3-11-9(10)4-12(21(11)7-14(16,17)18)13-20-6-8(5-19)22-13/h1-4,6H,5,7,19H2. The highest BCUT2D eigenvalue weighted by Crippen LogP contribution is 2.36. The van der Waals surface area contributed by atoms with Crippen LogP contribution in [0.4, 0.5) is 13.2 Å². The molecule has 0 saturated carbocycles. The fourth-order valence-corrected chi connectivity index (χ4v) is 3.58. The molecular formula is C14H11BrF3N3S. The fourth-order valence-electron chi connectivity index (χ4n) is 2.30. The number of aromatic nitrogens is 2. The molecule has 2 N–H and O–H groups in total. The van der Waals surface area contributed by atoms with Crippen LogP contribution in [0.3, 0.4) is 0 Å². The molecule has 2 heterocycles. The Labute approximate surface area is 136 Å². The van der Waals surface area contributed by atoms with Gasteiger partial charge in [-0.3, -0.25) is 0 Å². The van der Waals surface area contributed by atoms with Gasteiger partial charge in [0.1, 0.15) is 11.6 Å². The first-order valence-corrected chi connectivity index (χ1v) is 7.99. The maximum Gasteiger partial charge on any atom is 0.406 e. The van der Waals surface area contributed by atoms with Crippen LogP contribution < -0.4 is 5.73 Å². The summed E-state index contributed by atoms with van der Waals surface area (Å²) in [6.07, 6.45) is -2.71. The minimum atomic E-state index is -4.31. The molecule has 0 radical (unpaired) electrons. The van der Waals surface area contributed by atoms with Crippen molar-refractivity contribution in [3.05, 3.63) is 39.8 Å². The zero-order chi connectivity index (χ0) is 15.9. The molecule has 0 amide bonds. The van der Waals surface area contributed by atoms with Gasteiger partial charge >= 0.3 is 6.18 Å². The summed E-state index contributed by atoms with van der Waals surface area (Å²) in [4.78, 5) is 5.04. The van der Waals surface area contributed by atoms with E-state index in [9.17, 15) is 13.2 Å². The molecule has 3 nitrogen and oxygen atoms in total. The Bertz CT molecular complexity index is 822. The topological polar surface area (TPSA) is 43.8 Å². The number of nitrogens with zero attached hydrogens (tertiary/aromatic N) is 2. The van der Waals surface area contributed by atoms with Crippen LogP contribution in [-0.4, -0.2) is 15.7 Å². The second kappa shape index (κ2) is 5.68. The lowest BCUT2D eigenvalue weighted by molar-refractivity contribution is -0.139. The molecule has 0 aliphatic rings. The van der Waals surface area contributed by atoms with Crippen LogP contribution in [0.5, 0.6) is 0 Å². The SMILES string of the molecule is NCc1cnc(-c2cc3c(Br)cccc3n2CC(F)(F)F)s1. The molecule has 22 heavy (non-hydrogen) atoms. The Kier molecular flexibility index (Phi) is 4.00. The first-order valence-electron chi connectivity index (χ1n) is 6.38. The van der Waals surface area contributed by atoms with E-state index in [0.29, 0.717) is 22.8 Å². The van der Waals surface area contributed by atoms with Crippen molar-refractivity contribution >= 4 is 38.2 Å². The van der Waals surface area contributed by atoms with Crippen molar-refractivity contribution in [2.75, 3.05) is 0 Å². The van der Waals surface area contributed by atoms with Gasteiger partial charge in [-0.25, -0.2) is 4.98 Å². The monoisotopic (exact) mass is 389 g/mol. The van der Waals surface area contributed by atoms with E-state index < -0.39 is 12.7 Å². The Hall–Kier alpha value is -1.38. The number of benzene rings is 1. The molecule has 0 unspecified atom stereocenters. The molecule has 3 rings (SSSR count). The van der Waals surface area contributed by atoms with E-state index in [-0.39, 0.29) is 0 Å². The summed E-state index contributed by atoms with van der Waals surface area (Å²) in [7, 11) is 0. The molecule has 0 aliphatic carbocycles. The highest BCUT2D eigenvalue weighted by Gasteiger charge is 2.30. The summed E-state index contributed by atoms with van der Waals surface area (Å²) < 4.78 is 40.8. The van der Waals surface area contributed by atoms with E-state index in [1.54, 1.807) is 30.5 Å². The lowest BCUT2D eigenvalue weighted by Gasteiger charge is -2.12. The molecule has 2 aromatic heterocycles. The molecule has 0 aliphatic heterocycles. The van der Waals surface area contributed by atoms with Gasteiger partial charge < -0.3 is 10.3 Å². The number of alkyl halides is 3. The molecule has 0 atom stereocenters. The maximum atomic E-state index is 12.9. The largest absolute Gasteiger partial charge is 0.406 e. The normalized spacial score (nSPS) is 12.2. The number of hydrogen-bond acceptors (Lipinski definition) is 3. The van der Waals surface area contributed by atoms with Crippen LogP contribution in [0, 0.1) is 0 Å². The maximum absolute atomic E-state index is 12.9. The van der Waals surface area contributed by atoms with E-state index in [1.165, 1.54) is 15.9 Å². The Morgan fingerprint density at radius 3 is 2.73 bits per heavy atom. The first-order chi connectivity index (χ1) is 10.4. The van der Waals surface area contributed by atoms with Crippen LogP contribution >= 0.6 is 27.3 Å². The minimum Gasteiger partial charge on any atom is -0.329 e. The highest BCUT2D eigenvalue weighted by atomic mass is 79.9. The van der Waals surface area contributed by atoms with Crippen molar-refractivity contribution in [3.8, 4) is 10.7 Å². The van der Waals surface area contributed by atoms with Crippen LogP contribution in [0.2, 0.25) is 0 Å². The van der Waals surface area contributed by atoms with Gasteiger partial charge in [0.05, 0.1) is 11.2 Å². The van der Waals surface area contributed by atoms with E-state index in [2.05, 4.69) is 20.9 Å². The van der Waals surface area contributed by atoms with Gasteiger partial charge in [0.2, 0.25) is 0 Å². The third-order valence-electron chi connectivity index (χ3n) is 3.20. The molecular weight excluding hydrogens is 379 g/mol. The van der Waals surface area contributed by atoms with Crippen molar-refractivity contribution in [1.82, 2.24) is 9.55 Å². The summed E-state index contributed by atoms with van der Waals surface area (Å²) in [6, 6.07) is 6.92. The minimum absolute atomic E-state index is 0.320. The average molecular weight is 390 g/mol. The zero-order valence-electron chi connectivity index (χ0n) is 11.2. The highest BCUT2D eigenvalue weighted by molar-refractivity contribution is 9.10. The van der Waals surface area contributed by atoms with Gasteiger partial charge in [0.25, 0.3) is 0 Å². The Morgan fingerprint density at radius 2 is 2.09 bits per heavy atom. The van der Waals surface area contributed by atoms with Crippen molar-refractivity contribution in [1.29, 1.82) is 0 Å². The molecule has 0 spiro atoms. The number of halogens is 4. The van der Waals surface area contributed by atoms with Crippen molar-refractivity contribution in [2.45, 2.75) is 19.3 Å². The van der Waals surface area contributed by atoms with Gasteiger partial charge in [-0.1, -0.05) is 22.0 Å². The molecule has 3 aromatic rings. The van der Waals surface area contributed by atoms with Gasteiger partial charge in [0, 0.05) is 27.5 Å². The second-order valence-electron chi connectivity index (χ2n) is 4.74. The van der Waals surface area contributed by atoms with E-state index >= 15 is 0 Å². The average Bonchev–Trinajstić information content (AvgIpc) is 3.03. The van der Waals surface area contributed by atoms with Gasteiger partial charge in [-0.2, -0.15) is 13.2 Å². The molecule has 0 saturated heterocycles. The quantitative estimate of drug-likeness (QED) is 0.713. The molecule has 0 bridgehead atoms. The van der Waals surface area contributed by atoms with Crippen molar-refractivity contribution < 1.29 is 13.2 Å². The number of rotatable bonds is 3. The first kappa shape index (κ1) is 15.5. The number of hydrogen-bond donors (Lipinski definition) is 1. The van der Waals surface area contributed by atoms with Crippen molar-refractivity contribution in [2.24, 2.45) is 5.73 Å². The van der Waals surface area contributed by atoms with Gasteiger partial charge in [-0.15, -0.1) is 11.3 Å². The fraction of sp³-hybridized carbons (Fsp3) is 0.214. The van der Waals surface area contributed by atoms with Crippen LogP contribution in [0.1, 0.15) is 4.88 Å². The van der Waals surface area contributed by atoms with Crippen LogP contribution in [0.25, 0.3) is 21.6 Å². The van der Waals surface area contributed by atoms with E-state index in [4.69, 9.17) is 5.73 Å². The second-order valence-corrected chi connectivity index (χ2v) is 6.71.